The van der Waals surface area contributed by atoms with Crippen molar-refractivity contribution in [2.75, 3.05) is 0 Å². The maximum atomic E-state index is 11.7. The van der Waals surface area contributed by atoms with E-state index in [0.29, 0.717) is 25.7 Å². The number of nitrogens with zero attached hydrogens (tertiary/aromatic N) is 1. The summed E-state index contributed by atoms with van der Waals surface area (Å²) in [6, 6.07) is 0. The van der Waals surface area contributed by atoms with Crippen LogP contribution in [-0.4, -0.2) is 33.6 Å². The molecule has 0 heterocycles. The minimum Gasteiger partial charge on any atom is -0.455 e. The van der Waals surface area contributed by atoms with Crippen molar-refractivity contribution in [3.05, 3.63) is 35.4 Å². The molecule has 4 bridgehead atoms. The Kier molecular flexibility index (Phi) is 3.35. The van der Waals surface area contributed by atoms with E-state index in [1.807, 2.05) is 0 Å². The van der Waals surface area contributed by atoms with Gasteiger partial charge in [-0.25, -0.2) is 9.59 Å². The molecule has 0 saturated heterocycles. The summed E-state index contributed by atoms with van der Waals surface area (Å²) in [5.41, 5.74) is -3.12. The highest BCUT2D eigenvalue weighted by atomic mass is 16.6. The molecule has 0 aromatic heterocycles. The standard InChI is InChI=1S/C16H19NO6/c1-3-12(18)22-15-6-11-5-14(8-15,17(20)21)9-16(7-11,10-15)23-13(19)4-2/h3-4,11H,1-2,5-10H2. The van der Waals surface area contributed by atoms with Gasteiger partial charge in [0.25, 0.3) is 0 Å². The van der Waals surface area contributed by atoms with Crippen LogP contribution in [0.3, 0.4) is 0 Å². The molecule has 0 N–H and O–H groups in total. The molecule has 7 heteroatoms. The Hall–Kier alpha value is -2.18. The topological polar surface area (TPSA) is 95.7 Å². The van der Waals surface area contributed by atoms with Gasteiger partial charge in [0, 0.05) is 29.9 Å². The zero-order valence-corrected chi connectivity index (χ0v) is 12.8. The predicted octanol–water partition coefficient (Wildman–Crippen LogP) is 1.94. The lowest BCUT2D eigenvalue weighted by atomic mass is 9.49. The van der Waals surface area contributed by atoms with Crippen LogP contribution in [0.1, 0.15) is 38.5 Å². The Morgan fingerprint density at radius 1 is 1.00 bits per heavy atom. The fourth-order valence-electron chi connectivity index (χ4n) is 5.15. The van der Waals surface area contributed by atoms with Crippen LogP contribution in [0.25, 0.3) is 0 Å². The van der Waals surface area contributed by atoms with E-state index in [2.05, 4.69) is 13.2 Å². The van der Waals surface area contributed by atoms with Crippen LogP contribution in [0.15, 0.2) is 25.3 Å². The molecule has 7 nitrogen and oxygen atoms in total. The average molecular weight is 321 g/mol. The second-order valence-electron chi connectivity index (χ2n) is 7.11. The van der Waals surface area contributed by atoms with Crippen molar-refractivity contribution in [1.82, 2.24) is 0 Å². The van der Waals surface area contributed by atoms with Gasteiger partial charge >= 0.3 is 11.9 Å². The Labute approximate surface area is 133 Å². The molecule has 4 saturated carbocycles. The zero-order valence-electron chi connectivity index (χ0n) is 12.8. The monoisotopic (exact) mass is 321 g/mol. The molecule has 0 aromatic carbocycles. The fraction of sp³-hybridized carbons (Fsp3) is 0.625. The average Bonchev–Trinajstić information content (AvgIpc) is 2.44. The highest BCUT2D eigenvalue weighted by molar-refractivity contribution is 5.82. The minimum absolute atomic E-state index is 0.00752. The van der Waals surface area contributed by atoms with Crippen molar-refractivity contribution < 1.29 is 24.0 Å². The first-order chi connectivity index (χ1) is 10.8. The highest BCUT2D eigenvalue weighted by Gasteiger charge is 2.71. The summed E-state index contributed by atoms with van der Waals surface area (Å²) in [6.07, 6.45) is 4.30. The van der Waals surface area contributed by atoms with Gasteiger partial charge in [0.15, 0.2) is 0 Å². The summed E-state index contributed by atoms with van der Waals surface area (Å²) in [5.74, 6) is -1.21. The predicted molar refractivity (Wildman–Crippen MR) is 79.0 cm³/mol. The maximum absolute atomic E-state index is 11.7. The number of hydrogen-bond donors (Lipinski definition) is 0. The first kappa shape index (κ1) is 15.7. The lowest BCUT2D eigenvalue weighted by Gasteiger charge is -2.60. The lowest BCUT2D eigenvalue weighted by Crippen LogP contribution is -2.69. The van der Waals surface area contributed by atoms with Crippen LogP contribution in [0.2, 0.25) is 0 Å². The number of ether oxygens (including phenoxy) is 2. The van der Waals surface area contributed by atoms with Gasteiger partial charge in [-0.1, -0.05) is 13.2 Å². The summed E-state index contributed by atoms with van der Waals surface area (Å²) < 4.78 is 11.1. The number of hydrogen-bond acceptors (Lipinski definition) is 6. The van der Waals surface area contributed by atoms with Crippen LogP contribution in [0, 0.1) is 16.0 Å². The molecule has 4 aliphatic rings. The summed E-state index contributed by atoms with van der Waals surface area (Å²) in [4.78, 5) is 34.9. The normalized spacial score (nSPS) is 40.3. The molecule has 4 rings (SSSR count). The van der Waals surface area contributed by atoms with Crippen molar-refractivity contribution in [1.29, 1.82) is 0 Å². The van der Waals surface area contributed by atoms with Gasteiger partial charge in [0.1, 0.15) is 11.2 Å². The number of esters is 2. The largest absolute Gasteiger partial charge is 0.455 e. The molecule has 124 valence electrons. The van der Waals surface area contributed by atoms with Crippen molar-refractivity contribution >= 4 is 11.9 Å². The van der Waals surface area contributed by atoms with E-state index in [-0.39, 0.29) is 23.7 Å². The first-order valence-corrected chi connectivity index (χ1v) is 7.61. The molecule has 4 fully saturated rings. The molecule has 0 aromatic rings. The van der Waals surface area contributed by atoms with Gasteiger partial charge in [0.05, 0.1) is 12.8 Å². The van der Waals surface area contributed by atoms with Gasteiger partial charge in [-0.15, -0.1) is 0 Å². The van der Waals surface area contributed by atoms with Crippen molar-refractivity contribution in [3.63, 3.8) is 0 Å². The van der Waals surface area contributed by atoms with Gasteiger partial charge in [-0.05, 0) is 18.8 Å². The van der Waals surface area contributed by atoms with Crippen molar-refractivity contribution in [2.45, 2.75) is 55.3 Å². The van der Waals surface area contributed by atoms with Crippen LogP contribution in [-0.2, 0) is 19.1 Å². The lowest BCUT2D eigenvalue weighted by molar-refractivity contribution is -0.596. The highest BCUT2D eigenvalue weighted by Crippen LogP contribution is 2.62. The van der Waals surface area contributed by atoms with E-state index in [1.165, 1.54) is 0 Å². The maximum Gasteiger partial charge on any atom is 0.330 e. The molecular formula is C16H19NO6. The smallest absolute Gasteiger partial charge is 0.330 e. The van der Waals surface area contributed by atoms with Crippen molar-refractivity contribution in [2.24, 2.45) is 5.92 Å². The Balaban J connectivity index is 1.99. The van der Waals surface area contributed by atoms with Gasteiger partial charge in [0.2, 0.25) is 5.54 Å². The van der Waals surface area contributed by atoms with Gasteiger partial charge in [-0.3, -0.25) is 10.1 Å². The summed E-state index contributed by atoms with van der Waals surface area (Å²) in [5, 5.41) is 11.7. The Morgan fingerprint density at radius 3 is 1.87 bits per heavy atom. The third-order valence-electron chi connectivity index (χ3n) is 5.29. The summed E-state index contributed by atoms with van der Waals surface area (Å²) in [7, 11) is 0. The number of rotatable bonds is 5. The molecule has 23 heavy (non-hydrogen) atoms. The van der Waals surface area contributed by atoms with E-state index >= 15 is 0 Å². The van der Waals surface area contributed by atoms with Crippen LogP contribution >= 0.6 is 0 Å². The van der Waals surface area contributed by atoms with Crippen molar-refractivity contribution in [3.8, 4) is 0 Å². The van der Waals surface area contributed by atoms with E-state index in [4.69, 9.17) is 9.47 Å². The van der Waals surface area contributed by atoms with Crippen LogP contribution in [0.4, 0.5) is 0 Å². The molecule has 0 aliphatic heterocycles. The van der Waals surface area contributed by atoms with E-state index in [1.54, 1.807) is 0 Å². The van der Waals surface area contributed by atoms with E-state index in [9.17, 15) is 19.7 Å². The van der Waals surface area contributed by atoms with E-state index in [0.717, 1.165) is 12.2 Å². The van der Waals surface area contributed by atoms with Crippen LogP contribution in [0.5, 0.6) is 0 Å². The minimum atomic E-state index is -1.21. The number of carbonyl (C=O) groups is 2. The second kappa shape index (κ2) is 4.91. The van der Waals surface area contributed by atoms with Crippen LogP contribution < -0.4 is 0 Å². The number of nitro groups is 1. The molecule has 2 atom stereocenters. The second-order valence-corrected chi connectivity index (χ2v) is 7.11. The summed E-state index contributed by atoms with van der Waals surface area (Å²) >= 11 is 0. The first-order valence-electron chi connectivity index (χ1n) is 7.61. The molecule has 2 unspecified atom stereocenters. The molecular weight excluding hydrogens is 302 g/mol. The number of carbonyl (C=O) groups excluding carboxylic acids is 2. The summed E-state index contributed by atoms with van der Waals surface area (Å²) in [6.45, 7) is 6.77. The molecule has 4 aliphatic carbocycles. The van der Waals surface area contributed by atoms with Gasteiger partial charge in [-0.2, -0.15) is 0 Å². The molecule has 0 amide bonds. The Morgan fingerprint density at radius 2 is 1.48 bits per heavy atom. The zero-order chi connectivity index (χ0) is 16.9. The third-order valence-corrected chi connectivity index (χ3v) is 5.29. The molecule has 0 spiro atoms. The quantitative estimate of drug-likeness (QED) is 0.332. The fourth-order valence-corrected chi connectivity index (χ4v) is 5.15. The van der Waals surface area contributed by atoms with Gasteiger partial charge < -0.3 is 9.47 Å². The third kappa shape index (κ3) is 2.44. The molecule has 0 radical (unpaired) electrons. The Bertz CT molecular complexity index is 574. The SMILES string of the molecule is C=CC(=O)OC12CC3CC(OC(=O)C=C)(C1)CC([N+](=O)[O-])(C3)C2. The van der Waals surface area contributed by atoms with E-state index < -0.39 is 28.7 Å².